The van der Waals surface area contributed by atoms with Crippen molar-refractivity contribution in [2.24, 2.45) is 0 Å². The van der Waals surface area contributed by atoms with E-state index in [4.69, 9.17) is 4.74 Å². The molecule has 3 nitrogen and oxygen atoms in total. The van der Waals surface area contributed by atoms with Crippen LogP contribution >= 0.6 is 0 Å². The van der Waals surface area contributed by atoms with E-state index in [1.807, 2.05) is 26.0 Å². The number of rotatable bonds is 0. The first kappa shape index (κ1) is 11.4. The van der Waals surface area contributed by atoms with E-state index in [-0.39, 0.29) is 11.4 Å². The lowest BCUT2D eigenvalue weighted by molar-refractivity contribution is -0.127. The van der Waals surface area contributed by atoms with Gasteiger partial charge in [-0.25, -0.2) is 0 Å². The molecule has 1 spiro atoms. The molecule has 0 atom stereocenters. The molecule has 16 heavy (non-hydrogen) atoms. The van der Waals surface area contributed by atoms with Crippen LogP contribution in [-0.2, 0) is 9.53 Å². The molecule has 0 amide bonds. The van der Waals surface area contributed by atoms with Gasteiger partial charge in [-0.2, -0.15) is 0 Å². The molecule has 88 valence electrons. The molecular weight excluding hydrogens is 202 g/mol. The van der Waals surface area contributed by atoms with Crippen LogP contribution in [0.3, 0.4) is 0 Å². The number of ether oxygens (including phenoxy) is 1. The monoisotopic (exact) mass is 221 g/mol. The van der Waals surface area contributed by atoms with Crippen molar-refractivity contribution in [3.8, 4) is 0 Å². The third-order valence-corrected chi connectivity index (χ3v) is 3.44. The highest BCUT2D eigenvalue weighted by Crippen LogP contribution is 2.37. The van der Waals surface area contributed by atoms with Crippen molar-refractivity contribution >= 4 is 5.78 Å². The van der Waals surface area contributed by atoms with Gasteiger partial charge >= 0.3 is 0 Å². The third-order valence-electron chi connectivity index (χ3n) is 3.44. The van der Waals surface area contributed by atoms with Crippen LogP contribution in [0.1, 0.15) is 33.1 Å². The molecule has 0 radical (unpaired) electrons. The Balaban J connectivity index is 2.25. The number of carbonyl (C=O) groups is 1. The summed E-state index contributed by atoms with van der Waals surface area (Å²) in [6.07, 6.45) is 6.13. The van der Waals surface area contributed by atoms with Crippen LogP contribution in [0.25, 0.3) is 0 Å². The lowest BCUT2D eigenvalue weighted by Crippen LogP contribution is -2.48. The molecule has 2 saturated heterocycles. The molecular formula is C13H19NO2. The first-order valence-electron chi connectivity index (χ1n) is 5.97. The zero-order chi connectivity index (χ0) is 11.6. The molecule has 0 saturated carbocycles. The molecule has 1 N–H and O–H groups in total. The van der Waals surface area contributed by atoms with E-state index in [0.717, 1.165) is 37.3 Å². The van der Waals surface area contributed by atoms with Crippen LogP contribution < -0.4 is 5.32 Å². The Morgan fingerprint density at radius 1 is 1.25 bits per heavy atom. The van der Waals surface area contributed by atoms with Crippen LogP contribution in [0.2, 0.25) is 0 Å². The highest BCUT2D eigenvalue weighted by molar-refractivity contribution is 6.00. The molecule has 3 heteroatoms. The molecule has 0 aromatic rings. The summed E-state index contributed by atoms with van der Waals surface area (Å²) >= 11 is 0. The third kappa shape index (κ3) is 1.92. The summed E-state index contributed by atoms with van der Waals surface area (Å²) in [5.41, 5.74) is 0.503. The maximum absolute atomic E-state index is 12.1. The minimum Gasteiger partial charge on any atom is -0.486 e. The SMILES string of the molecule is C/C=C1/OC2(CCNCC2)CC(=O)/C1=C/C. The maximum Gasteiger partial charge on any atom is 0.170 e. The summed E-state index contributed by atoms with van der Waals surface area (Å²) in [5, 5.41) is 3.30. The average molecular weight is 221 g/mol. The molecule has 0 unspecified atom stereocenters. The summed E-state index contributed by atoms with van der Waals surface area (Å²) in [6, 6.07) is 0. The Labute approximate surface area is 96.6 Å². The number of ketones is 1. The van der Waals surface area contributed by atoms with Gasteiger partial charge in [-0.3, -0.25) is 4.79 Å². The van der Waals surface area contributed by atoms with E-state index in [2.05, 4.69) is 5.32 Å². The summed E-state index contributed by atoms with van der Waals surface area (Å²) < 4.78 is 6.07. The van der Waals surface area contributed by atoms with Crippen LogP contribution in [0, 0.1) is 0 Å². The average Bonchev–Trinajstić information content (AvgIpc) is 2.29. The number of hydrogen-bond donors (Lipinski definition) is 1. The standard InChI is InChI=1S/C13H19NO2/c1-3-10-11(15)9-13(16-12(10)4-2)5-7-14-8-6-13/h3-4,14H,5-9H2,1-2H3/b10-3-,12-4+. The van der Waals surface area contributed by atoms with Crippen molar-refractivity contribution in [3.05, 3.63) is 23.5 Å². The van der Waals surface area contributed by atoms with Crippen LogP contribution in [0.5, 0.6) is 0 Å². The fraction of sp³-hybridized carbons (Fsp3) is 0.615. The summed E-state index contributed by atoms with van der Waals surface area (Å²) in [6.45, 7) is 5.69. The Morgan fingerprint density at radius 3 is 2.50 bits per heavy atom. The number of carbonyl (C=O) groups excluding carboxylic acids is 1. The normalized spacial score (nSPS) is 29.8. The fourth-order valence-electron chi connectivity index (χ4n) is 2.53. The molecule has 0 aromatic heterocycles. The van der Waals surface area contributed by atoms with Gasteiger partial charge in [0, 0.05) is 12.8 Å². The second-order valence-corrected chi connectivity index (χ2v) is 4.49. The first-order chi connectivity index (χ1) is 7.71. The molecule has 2 aliphatic rings. The van der Waals surface area contributed by atoms with E-state index < -0.39 is 0 Å². The number of allylic oxidation sites excluding steroid dienone is 3. The number of nitrogens with one attached hydrogen (secondary N) is 1. The van der Waals surface area contributed by atoms with Crippen molar-refractivity contribution < 1.29 is 9.53 Å². The minimum absolute atomic E-state index is 0.226. The van der Waals surface area contributed by atoms with Crippen molar-refractivity contribution in [2.75, 3.05) is 13.1 Å². The lowest BCUT2D eigenvalue weighted by Gasteiger charge is -2.42. The van der Waals surface area contributed by atoms with E-state index in [1.165, 1.54) is 0 Å². The highest BCUT2D eigenvalue weighted by atomic mass is 16.5. The van der Waals surface area contributed by atoms with E-state index in [9.17, 15) is 4.79 Å². The minimum atomic E-state index is -0.239. The largest absolute Gasteiger partial charge is 0.486 e. The number of piperidine rings is 1. The molecule has 2 aliphatic heterocycles. The van der Waals surface area contributed by atoms with Crippen molar-refractivity contribution in [1.29, 1.82) is 0 Å². The second kappa shape index (κ2) is 4.42. The van der Waals surface area contributed by atoms with Gasteiger partial charge < -0.3 is 10.1 Å². The topological polar surface area (TPSA) is 38.3 Å². The van der Waals surface area contributed by atoms with E-state index >= 15 is 0 Å². The van der Waals surface area contributed by atoms with Crippen LogP contribution in [-0.4, -0.2) is 24.5 Å². The summed E-state index contributed by atoms with van der Waals surface area (Å²) in [4.78, 5) is 12.1. The first-order valence-corrected chi connectivity index (χ1v) is 5.97. The predicted octanol–water partition coefficient (Wildman–Crippen LogP) is 1.95. The highest BCUT2D eigenvalue weighted by Gasteiger charge is 2.42. The van der Waals surface area contributed by atoms with E-state index in [1.54, 1.807) is 0 Å². The van der Waals surface area contributed by atoms with E-state index in [0.29, 0.717) is 6.42 Å². The summed E-state index contributed by atoms with van der Waals surface area (Å²) in [5.74, 6) is 0.990. The van der Waals surface area contributed by atoms with Gasteiger partial charge in [0.1, 0.15) is 11.4 Å². The van der Waals surface area contributed by atoms with Crippen molar-refractivity contribution in [3.63, 3.8) is 0 Å². The van der Waals surface area contributed by atoms with Crippen molar-refractivity contribution in [1.82, 2.24) is 5.32 Å². The van der Waals surface area contributed by atoms with Gasteiger partial charge in [-0.15, -0.1) is 0 Å². The van der Waals surface area contributed by atoms with Gasteiger partial charge in [0.15, 0.2) is 5.78 Å². The predicted molar refractivity (Wildman–Crippen MR) is 63.1 cm³/mol. The Hall–Kier alpha value is -1.09. The second-order valence-electron chi connectivity index (χ2n) is 4.49. The van der Waals surface area contributed by atoms with Gasteiger partial charge in [-0.05, 0) is 33.0 Å². The summed E-state index contributed by atoms with van der Waals surface area (Å²) in [7, 11) is 0. The van der Waals surface area contributed by atoms with Gasteiger partial charge in [0.2, 0.25) is 0 Å². The van der Waals surface area contributed by atoms with Gasteiger partial charge in [-0.1, -0.05) is 6.08 Å². The molecule has 2 rings (SSSR count). The number of hydrogen-bond acceptors (Lipinski definition) is 3. The molecule has 0 bridgehead atoms. The smallest absolute Gasteiger partial charge is 0.170 e. The van der Waals surface area contributed by atoms with Gasteiger partial charge in [0.05, 0.1) is 12.0 Å². The van der Waals surface area contributed by atoms with Crippen LogP contribution in [0.4, 0.5) is 0 Å². The molecule has 0 aliphatic carbocycles. The Kier molecular flexibility index (Phi) is 3.15. The molecule has 2 heterocycles. The fourth-order valence-corrected chi connectivity index (χ4v) is 2.53. The Morgan fingerprint density at radius 2 is 1.94 bits per heavy atom. The Bertz CT molecular complexity index is 349. The number of Topliss-reactive ketones (excluding diaryl/α,β-unsaturated/α-hetero) is 1. The molecule has 0 aromatic carbocycles. The van der Waals surface area contributed by atoms with Gasteiger partial charge in [0.25, 0.3) is 0 Å². The zero-order valence-electron chi connectivity index (χ0n) is 10.0. The molecule has 2 fully saturated rings. The lowest BCUT2D eigenvalue weighted by atomic mass is 9.82. The van der Waals surface area contributed by atoms with Crippen molar-refractivity contribution in [2.45, 2.75) is 38.7 Å². The van der Waals surface area contributed by atoms with Crippen LogP contribution in [0.15, 0.2) is 23.5 Å². The zero-order valence-corrected chi connectivity index (χ0v) is 10.0. The maximum atomic E-state index is 12.1. The quantitative estimate of drug-likeness (QED) is 0.635.